The van der Waals surface area contributed by atoms with Crippen LogP contribution in [0.4, 0.5) is 0 Å². The zero-order chi connectivity index (χ0) is 7.82. The van der Waals surface area contributed by atoms with Gasteiger partial charge in [0.1, 0.15) is 0 Å². The molecule has 0 aromatic rings. The highest BCUT2D eigenvalue weighted by molar-refractivity contribution is 4.97. The van der Waals surface area contributed by atoms with Gasteiger partial charge in [0.25, 0.3) is 0 Å². The molecule has 0 bridgehead atoms. The molecule has 0 spiro atoms. The van der Waals surface area contributed by atoms with Gasteiger partial charge in [0.15, 0.2) is 0 Å². The Balaban J connectivity index is 3.21. The molecular weight excluding hydrogens is 128 g/mol. The molecule has 0 aromatic carbocycles. The molecule has 0 aliphatic rings. The van der Waals surface area contributed by atoms with Crippen molar-refractivity contribution < 1.29 is 9.84 Å². The molecule has 0 rings (SSSR count). The van der Waals surface area contributed by atoms with Gasteiger partial charge in [0, 0.05) is 6.61 Å². The fraction of sp³-hybridized carbons (Fsp3) is 0.750. The van der Waals surface area contributed by atoms with Crippen molar-refractivity contribution in [3.05, 3.63) is 11.6 Å². The second kappa shape index (κ2) is 6.78. The van der Waals surface area contributed by atoms with E-state index in [0.717, 1.165) is 19.6 Å². The van der Waals surface area contributed by atoms with Gasteiger partial charge < -0.3 is 9.84 Å². The first-order chi connectivity index (χ1) is 4.81. The van der Waals surface area contributed by atoms with E-state index in [-0.39, 0.29) is 6.61 Å². The maximum Gasteiger partial charge on any atom is 0.0614 e. The Kier molecular flexibility index (Phi) is 6.55. The van der Waals surface area contributed by atoms with E-state index < -0.39 is 0 Å². The Morgan fingerprint density at radius 1 is 1.60 bits per heavy atom. The lowest BCUT2D eigenvalue weighted by Crippen LogP contribution is -1.94. The molecule has 0 aromatic heterocycles. The summed E-state index contributed by atoms with van der Waals surface area (Å²) in [5.41, 5.74) is 1.19. The molecule has 0 aliphatic heterocycles. The molecule has 0 amide bonds. The minimum Gasteiger partial charge on any atom is -0.392 e. The van der Waals surface area contributed by atoms with Crippen molar-refractivity contribution in [2.45, 2.75) is 20.3 Å². The van der Waals surface area contributed by atoms with Crippen LogP contribution in [0.3, 0.4) is 0 Å². The summed E-state index contributed by atoms with van der Waals surface area (Å²) in [7, 11) is 0. The van der Waals surface area contributed by atoms with E-state index in [2.05, 4.69) is 0 Å². The van der Waals surface area contributed by atoms with Gasteiger partial charge in [-0.1, -0.05) is 11.6 Å². The van der Waals surface area contributed by atoms with Crippen LogP contribution >= 0.6 is 0 Å². The highest BCUT2D eigenvalue weighted by Crippen LogP contribution is 1.98. The topological polar surface area (TPSA) is 29.5 Å². The van der Waals surface area contributed by atoms with E-state index in [4.69, 9.17) is 9.84 Å². The van der Waals surface area contributed by atoms with Gasteiger partial charge in [-0.2, -0.15) is 0 Å². The summed E-state index contributed by atoms with van der Waals surface area (Å²) in [6.45, 7) is 5.64. The standard InChI is InChI=1S/C8H16O2/c1-3-10-7-5-8(2)4-6-9/h4,9H,3,5-7H2,1-2H3/b8-4+. The van der Waals surface area contributed by atoms with Crippen molar-refractivity contribution in [2.75, 3.05) is 19.8 Å². The van der Waals surface area contributed by atoms with Crippen LogP contribution in [0.1, 0.15) is 20.3 Å². The summed E-state index contributed by atoms with van der Waals surface area (Å²) in [6, 6.07) is 0. The fourth-order valence-electron chi connectivity index (χ4n) is 0.635. The average Bonchev–Trinajstić information content (AvgIpc) is 1.89. The van der Waals surface area contributed by atoms with Crippen molar-refractivity contribution in [1.82, 2.24) is 0 Å². The quantitative estimate of drug-likeness (QED) is 0.466. The molecule has 10 heavy (non-hydrogen) atoms. The van der Waals surface area contributed by atoms with Crippen LogP contribution < -0.4 is 0 Å². The van der Waals surface area contributed by atoms with E-state index in [1.165, 1.54) is 5.57 Å². The first-order valence-corrected chi connectivity index (χ1v) is 3.65. The fourth-order valence-corrected chi connectivity index (χ4v) is 0.635. The Hall–Kier alpha value is -0.340. The average molecular weight is 144 g/mol. The lowest BCUT2D eigenvalue weighted by Gasteiger charge is -2.00. The van der Waals surface area contributed by atoms with Crippen molar-refractivity contribution >= 4 is 0 Å². The highest BCUT2D eigenvalue weighted by Gasteiger charge is 1.87. The molecule has 0 fully saturated rings. The van der Waals surface area contributed by atoms with Crippen molar-refractivity contribution in [2.24, 2.45) is 0 Å². The third kappa shape index (κ3) is 5.79. The van der Waals surface area contributed by atoms with Crippen LogP contribution in [-0.4, -0.2) is 24.9 Å². The zero-order valence-corrected chi connectivity index (χ0v) is 6.76. The van der Waals surface area contributed by atoms with Crippen LogP contribution in [0.15, 0.2) is 11.6 Å². The molecule has 0 aliphatic carbocycles. The van der Waals surface area contributed by atoms with E-state index in [1.807, 2.05) is 13.8 Å². The molecule has 0 unspecified atom stereocenters. The molecule has 60 valence electrons. The number of aliphatic hydroxyl groups is 1. The van der Waals surface area contributed by atoms with Crippen molar-refractivity contribution in [3.8, 4) is 0 Å². The Bertz CT molecular complexity index is 97.4. The van der Waals surface area contributed by atoms with Crippen LogP contribution in [0.5, 0.6) is 0 Å². The normalized spacial score (nSPS) is 12.1. The summed E-state index contributed by atoms with van der Waals surface area (Å²) >= 11 is 0. The zero-order valence-electron chi connectivity index (χ0n) is 6.76. The monoisotopic (exact) mass is 144 g/mol. The third-order valence-electron chi connectivity index (χ3n) is 1.28. The molecule has 0 radical (unpaired) electrons. The van der Waals surface area contributed by atoms with Gasteiger partial charge >= 0.3 is 0 Å². The van der Waals surface area contributed by atoms with Gasteiger partial charge in [0.2, 0.25) is 0 Å². The molecule has 2 nitrogen and oxygen atoms in total. The van der Waals surface area contributed by atoms with E-state index in [1.54, 1.807) is 6.08 Å². The second-order valence-electron chi connectivity index (χ2n) is 2.18. The minimum atomic E-state index is 0.137. The van der Waals surface area contributed by atoms with Gasteiger partial charge in [-0.05, 0) is 20.3 Å². The van der Waals surface area contributed by atoms with Crippen LogP contribution in [0, 0.1) is 0 Å². The van der Waals surface area contributed by atoms with E-state index in [9.17, 15) is 0 Å². The number of ether oxygens (including phenoxy) is 1. The van der Waals surface area contributed by atoms with Crippen molar-refractivity contribution in [1.29, 1.82) is 0 Å². The molecule has 2 heteroatoms. The summed E-state index contributed by atoms with van der Waals surface area (Å²) < 4.78 is 5.13. The van der Waals surface area contributed by atoms with Gasteiger partial charge in [0.05, 0.1) is 13.2 Å². The maximum atomic E-state index is 8.48. The first kappa shape index (κ1) is 9.66. The molecule has 1 N–H and O–H groups in total. The Morgan fingerprint density at radius 2 is 2.30 bits per heavy atom. The van der Waals surface area contributed by atoms with Gasteiger partial charge in [-0.25, -0.2) is 0 Å². The smallest absolute Gasteiger partial charge is 0.0614 e. The first-order valence-electron chi connectivity index (χ1n) is 3.65. The SMILES string of the molecule is CCOCC/C(C)=C/CO. The van der Waals surface area contributed by atoms with E-state index >= 15 is 0 Å². The molecule has 0 atom stereocenters. The van der Waals surface area contributed by atoms with Crippen LogP contribution in [-0.2, 0) is 4.74 Å². The summed E-state index contributed by atoms with van der Waals surface area (Å²) in [5, 5.41) is 8.48. The molecular formula is C8H16O2. The predicted molar refractivity (Wildman–Crippen MR) is 42.0 cm³/mol. The third-order valence-corrected chi connectivity index (χ3v) is 1.28. The maximum absolute atomic E-state index is 8.48. The Labute approximate surface area is 62.5 Å². The number of rotatable bonds is 5. The lowest BCUT2D eigenvalue weighted by atomic mass is 10.2. The molecule has 0 saturated heterocycles. The number of aliphatic hydroxyl groups excluding tert-OH is 1. The number of hydrogen-bond donors (Lipinski definition) is 1. The summed E-state index contributed by atoms with van der Waals surface area (Å²) in [4.78, 5) is 0. The van der Waals surface area contributed by atoms with Crippen LogP contribution in [0.2, 0.25) is 0 Å². The second-order valence-corrected chi connectivity index (χ2v) is 2.18. The van der Waals surface area contributed by atoms with Crippen molar-refractivity contribution in [3.63, 3.8) is 0 Å². The predicted octanol–water partition coefficient (Wildman–Crippen LogP) is 1.35. The molecule has 0 heterocycles. The largest absolute Gasteiger partial charge is 0.392 e. The Morgan fingerprint density at radius 3 is 2.80 bits per heavy atom. The van der Waals surface area contributed by atoms with Crippen LogP contribution in [0.25, 0.3) is 0 Å². The molecule has 0 saturated carbocycles. The van der Waals surface area contributed by atoms with Gasteiger partial charge in [-0.15, -0.1) is 0 Å². The highest BCUT2D eigenvalue weighted by atomic mass is 16.5. The lowest BCUT2D eigenvalue weighted by molar-refractivity contribution is 0.150. The number of hydrogen-bond acceptors (Lipinski definition) is 2. The van der Waals surface area contributed by atoms with E-state index in [0.29, 0.717) is 0 Å². The summed E-state index contributed by atoms with van der Waals surface area (Å²) in [5.74, 6) is 0. The summed E-state index contributed by atoms with van der Waals surface area (Å²) in [6.07, 6.45) is 2.73. The minimum absolute atomic E-state index is 0.137. The van der Waals surface area contributed by atoms with Gasteiger partial charge in [-0.3, -0.25) is 0 Å².